The minimum Gasteiger partial charge on any atom is -0.388 e. The summed E-state index contributed by atoms with van der Waals surface area (Å²) in [7, 11) is 0. The highest BCUT2D eigenvalue weighted by Gasteiger charge is 2.42. The van der Waals surface area contributed by atoms with Crippen LogP contribution in [0.5, 0.6) is 0 Å². The quantitative estimate of drug-likeness (QED) is 0.271. The Hall–Kier alpha value is -0.200. The number of unbranched alkanes of at least 4 members (excludes halogenated alkanes) is 15. The van der Waals surface area contributed by atoms with Gasteiger partial charge in [0.1, 0.15) is 18.3 Å². The van der Waals surface area contributed by atoms with Crippen molar-refractivity contribution in [3.05, 3.63) is 0 Å². The largest absolute Gasteiger partial charge is 0.388 e. The molecule has 1 rings (SSSR count). The normalized spacial score (nSPS) is 27.4. The van der Waals surface area contributed by atoms with Crippen molar-refractivity contribution in [1.82, 2.24) is 0 Å². The maximum absolute atomic E-state index is 9.90. The van der Waals surface area contributed by atoms with Crippen LogP contribution < -0.4 is 0 Å². The van der Waals surface area contributed by atoms with Crippen molar-refractivity contribution in [3.63, 3.8) is 0 Å². The third kappa shape index (κ3) is 12.3. The van der Waals surface area contributed by atoms with Gasteiger partial charge in [0.15, 0.2) is 6.29 Å². The number of ether oxygens (including phenoxy) is 2. The number of aliphatic hydroxyl groups is 3. The second kappa shape index (κ2) is 17.5. The van der Waals surface area contributed by atoms with Gasteiger partial charge in [0, 0.05) is 6.61 Å². The molecule has 29 heavy (non-hydrogen) atoms. The van der Waals surface area contributed by atoms with E-state index >= 15 is 0 Å². The molecule has 0 unspecified atom stereocenters. The first-order chi connectivity index (χ1) is 14.1. The van der Waals surface area contributed by atoms with E-state index in [2.05, 4.69) is 6.92 Å². The van der Waals surface area contributed by atoms with Crippen LogP contribution in [0, 0.1) is 0 Å². The first kappa shape index (κ1) is 26.8. The Balaban J connectivity index is 1.81. The molecule has 0 bridgehead atoms. The predicted octanol–water partition coefficient (Wildman–Crippen LogP) is 5.09. The number of hydrogen-bond donors (Lipinski definition) is 3. The zero-order chi connectivity index (χ0) is 21.3. The van der Waals surface area contributed by atoms with Crippen LogP contribution in [-0.4, -0.2) is 52.6 Å². The van der Waals surface area contributed by atoms with Gasteiger partial charge in [-0.2, -0.15) is 0 Å². The van der Waals surface area contributed by atoms with Crippen LogP contribution in [0.1, 0.15) is 117 Å². The van der Waals surface area contributed by atoms with E-state index < -0.39 is 30.7 Å². The van der Waals surface area contributed by atoms with Gasteiger partial charge in [-0.25, -0.2) is 0 Å². The lowest BCUT2D eigenvalue weighted by Gasteiger charge is -2.38. The van der Waals surface area contributed by atoms with Crippen LogP contribution in [0.4, 0.5) is 0 Å². The molecule has 5 atom stereocenters. The van der Waals surface area contributed by atoms with Crippen molar-refractivity contribution in [1.29, 1.82) is 0 Å². The first-order valence-electron chi connectivity index (χ1n) is 12.4. The van der Waals surface area contributed by atoms with Crippen molar-refractivity contribution in [3.8, 4) is 0 Å². The average Bonchev–Trinajstić information content (AvgIpc) is 2.72. The van der Waals surface area contributed by atoms with Crippen LogP contribution in [0.25, 0.3) is 0 Å². The lowest BCUT2D eigenvalue weighted by molar-refractivity contribution is -0.293. The molecule has 5 nitrogen and oxygen atoms in total. The summed E-state index contributed by atoms with van der Waals surface area (Å²) in [6.07, 6.45) is 16.4. The molecule has 3 N–H and O–H groups in total. The van der Waals surface area contributed by atoms with Gasteiger partial charge < -0.3 is 24.8 Å². The monoisotopic (exact) mass is 416 g/mol. The van der Waals surface area contributed by atoms with E-state index in [9.17, 15) is 15.3 Å². The summed E-state index contributed by atoms with van der Waals surface area (Å²) in [5, 5.41) is 29.3. The molecule has 1 aliphatic heterocycles. The van der Waals surface area contributed by atoms with Gasteiger partial charge in [-0.15, -0.1) is 0 Å². The molecule has 0 aromatic carbocycles. The summed E-state index contributed by atoms with van der Waals surface area (Å²) in [5.41, 5.74) is 0. The summed E-state index contributed by atoms with van der Waals surface area (Å²) < 4.78 is 11.0. The number of aliphatic hydroxyl groups excluding tert-OH is 3. The van der Waals surface area contributed by atoms with Gasteiger partial charge in [-0.3, -0.25) is 0 Å². The topological polar surface area (TPSA) is 79.2 Å². The smallest absolute Gasteiger partial charge is 0.186 e. The minimum absolute atomic E-state index is 0.510. The fourth-order valence-corrected chi connectivity index (χ4v) is 4.00. The van der Waals surface area contributed by atoms with Crippen LogP contribution >= 0.6 is 0 Å². The van der Waals surface area contributed by atoms with E-state index in [1.165, 1.54) is 89.9 Å². The van der Waals surface area contributed by atoms with E-state index in [-0.39, 0.29) is 0 Å². The van der Waals surface area contributed by atoms with Gasteiger partial charge in [-0.1, -0.05) is 103 Å². The minimum atomic E-state index is -1.21. The van der Waals surface area contributed by atoms with Crippen molar-refractivity contribution in [2.45, 2.75) is 147 Å². The van der Waals surface area contributed by atoms with Gasteiger partial charge in [0.25, 0.3) is 0 Å². The molecular weight excluding hydrogens is 368 g/mol. The molecule has 0 amide bonds. The Labute approximate surface area is 179 Å². The van der Waals surface area contributed by atoms with E-state index in [1.54, 1.807) is 6.92 Å². The Kier molecular flexibility index (Phi) is 16.2. The van der Waals surface area contributed by atoms with Gasteiger partial charge in [-0.05, 0) is 13.3 Å². The van der Waals surface area contributed by atoms with Gasteiger partial charge >= 0.3 is 0 Å². The summed E-state index contributed by atoms with van der Waals surface area (Å²) >= 11 is 0. The third-order valence-electron chi connectivity index (χ3n) is 6.09. The SMILES string of the molecule is CCCCCCCCCCCCCCCCCCO[C@H]1O[C@H](C)[C@@H](O)[C@H](O)[C@@H]1O. The van der Waals surface area contributed by atoms with Crippen LogP contribution in [0.15, 0.2) is 0 Å². The zero-order valence-electron chi connectivity index (χ0n) is 19.1. The molecule has 0 aliphatic carbocycles. The first-order valence-corrected chi connectivity index (χ1v) is 12.4. The molecular formula is C24H48O5. The predicted molar refractivity (Wildman–Crippen MR) is 118 cm³/mol. The standard InChI is InChI=1S/C24H48O5/c1-3-4-5-6-7-8-9-10-11-12-13-14-15-16-17-18-19-28-24-23(27)22(26)21(25)20(2)29-24/h20-27H,3-19H2,1-2H3/t20-,21-,22+,23+,24+/m1/s1. The van der Waals surface area contributed by atoms with E-state index in [0.29, 0.717) is 6.61 Å². The summed E-state index contributed by atoms with van der Waals surface area (Å²) in [5.74, 6) is 0. The molecule has 0 saturated carbocycles. The molecule has 0 spiro atoms. The maximum atomic E-state index is 9.90. The maximum Gasteiger partial charge on any atom is 0.186 e. The van der Waals surface area contributed by atoms with Gasteiger partial charge in [0.2, 0.25) is 0 Å². The Morgan fingerprint density at radius 3 is 1.45 bits per heavy atom. The van der Waals surface area contributed by atoms with Crippen LogP contribution in [0.3, 0.4) is 0 Å². The van der Waals surface area contributed by atoms with Crippen molar-refractivity contribution in [2.75, 3.05) is 6.61 Å². The molecule has 174 valence electrons. The van der Waals surface area contributed by atoms with Crippen molar-refractivity contribution < 1.29 is 24.8 Å². The highest BCUT2D eigenvalue weighted by atomic mass is 16.7. The second-order valence-corrected chi connectivity index (χ2v) is 8.86. The molecule has 1 aliphatic rings. The molecule has 0 aromatic rings. The van der Waals surface area contributed by atoms with E-state index in [0.717, 1.165) is 12.8 Å². The molecule has 5 heteroatoms. The highest BCUT2D eigenvalue weighted by Crippen LogP contribution is 2.22. The summed E-state index contributed by atoms with van der Waals surface area (Å²) in [4.78, 5) is 0. The Morgan fingerprint density at radius 1 is 0.586 bits per heavy atom. The second-order valence-electron chi connectivity index (χ2n) is 8.86. The van der Waals surface area contributed by atoms with Crippen LogP contribution in [0.2, 0.25) is 0 Å². The molecule has 1 saturated heterocycles. The zero-order valence-corrected chi connectivity index (χ0v) is 19.1. The highest BCUT2D eigenvalue weighted by molar-refractivity contribution is 4.87. The van der Waals surface area contributed by atoms with Crippen LogP contribution in [-0.2, 0) is 9.47 Å². The summed E-state index contributed by atoms with van der Waals surface area (Å²) in [6, 6.07) is 0. The lowest BCUT2D eigenvalue weighted by Crippen LogP contribution is -2.57. The van der Waals surface area contributed by atoms with E-state index in [4.69, 9.17) is 9.47 Å². The lowest BCUT2D eigenvalue weighted by atomic mass is 10.00. The average molecular weight is 417 g/mol. The molecule has 1 heterocycles. The molecule has 1 fully saturated rings. The third-order valence-corrected chi connectivity index (χ3v) is 6.09. The summed E-state index contributed by atoms with van der Waals surface area (Å²) in [6.45, 7) is 4.45. The van der Waals surface area contributed by atoms with E-state index in [1.807, 2.05) is 0 Å². The Bertz CT molecular complexity index is 365. The molecule has 0 radical (unpaired) electrons. The van der Waals surface area contributed by atoms with Crippen molar-refractivity contribution in [2.24, 2.45) is 0 Å². The van der Waals surface area contributed by atoms with Crippen molar-refractivity contribution >= 4 is 0 Å². The number of hydrogen-bond acceptors (Lipinski definition) is 5. The fourth-order valence-electron chi connectivity index (χ4n) is 4.00. The van der Waals surface area contributed by atoms with Gasteiger partial charge in [0.05, 0.1) is 6.10 Å². The Morgan fingerprint density at radius 2 is 1.00 bits per heavy atom. The fraction of sp³-hybridized carbons (Fsp3) is 1.00. The molecule has 0 aromatic heterocycles. The number of rotatable bonds is 18.